The Hall–Kier alpha value is -4.75. The van der Waals surface area contributed by atoms with Gasteiger partial charge in [-0.15, -0.1) is 0 Å². The molecule has 0 bridgehead atoms. The van der Waals surface area contributed by atoms with E-state index in [1.807, 2.05) is 0 Å². The first-order valence-electron chi connectivity index (χ1n) is 11.1. The number of anilines is 2. The molecule has 8 nitrogen and oxygen atoms in total. The summed E-state index contributed by atoms with van der Waals surface area (Å²) in [4.78, 5) is 27.6. The zero-order valence-electron chi connectivity index (χ0n) is 19.4. The van der Waals surface area contributed by atoms with Gasteiger partial charge in [-0.05, 0) is 41.0 Å². The second kappa shape index (κ2) is 8.64. The number of carboxylic acids is 1. The van der Waals surface area contributed by atoms with Crippen molar-refractivity contribution >= 4 is 45.2 Å². The molecule has 4 aromatic rings. The molecule has 0 fully saturated rings. The Bertz CT molecular complexity index is 1720. The lowest BCUT2D eigenvalue weighted by molar-refractivity contribution is -0.194. The van der Waals surface area contributed by atoms with Gasteiger partial charge in [-0.2, -0.15) is 26.3 Å². The fourth-order valence-corrected chi connectivity index (χ4v) is 4.74. The number of nitrogens with two attached hydrogens (primary N) is 2. The van der Waals surface area contributed by atoms with E-state index in [1.165, 1.54) is 24.4 Å². The van der Waals surface area contributed by atoms with E-state index < -0.39 is 46.4 Å². The number of carbonyl (C=O) groups is 1. The van der Waals surface area contributed by atoms with Gasteiger partial charge < -0.3 is 16.6 Å². The molecular weight excluding hydrogens is 530 g/mol. The molecule has 5 N–H and O–H groups in total. The molecular formula is C25H16F6N6O2. The maximum Gasteiger partial charge on any atom is 0.416 e. The number of hydrogen-bond donors (Lipinski definition) is 3. The van der Waals surface area contributed by atoms with Crippen molar-refractivity contribution in [2.45, 2.75) is 17.8 Å². The van der Waals surface area contributed by atoms with Crippen LogP contribution in [0, 0.1) is 5.92 Å². The summed E-state index contributed by atoms with van der Waals surface area (Å²) in [5.74, 6) is -5.01. The van der Waals surface area contributed by atoms with Gasteiger partial charge in [0.1, 0.15) is 5.41 Å². The minimum Gasteiger partial charge on any atom is -0.481 e. The average Bonchev–Trinajstić information content (AvgIpc) is 2.85. The highest BCUT2D eigenvalue weighted by Gasteiger charge is 2.63. The van der Waals surface area contributed by atoms with E-state index in [1.54, 1.807) is 0 Å². The van der Waals surface area contributed by atoms with Crippen molar-refractivity contribution in [3.05, 3.63) is 77.6 Å². The molecule has 2 atom stereocenters. The number of aromatic nitrogens is 4. The molecule has 5 rings (SSSR count). The second-order valence-corrected chi connectivity index (χ2v) is 8.82. The van der Waals surface area contributed by atoms with E-state index in [0.717, 1.165) is 24.4 Å². The van der Waals surface area contributed by atoms with Crippen LogP contribution in [-0.4, -0.2) is 43.4 Å². The number of nitrogens with zero attached hydrogens (tertiary/aromatic N) is 4. The third-order valence-corrected chi connectivity index (χ3v) is 6.51. The highest BCUT2D eigenvalue weighted by Crippen LogP contribution is 2.55. The zero-order chi connectivity index (χ0) is 28.3. The van der Waals surface area contributed by atoms with Crippen molar-refractivity contribution in [1.29, 1.82) is 0 Å². The molecule has 2 aromatic carbocycles. The number of aliphatic carboxylic acids is 1. The number of rotatable bonds is 3. The number of benzene rings is 2. The minimum atomic E-state index is -5.36. The van der Waals surface area contributed by atoms with Crippen LogP contribution in [0.3, 0.4) is 0 Å². The number of alkyl halides is 6. The standard InChI is InChI=1S/C25H16F6N6O2/c26-24(27,28)16-7-17(20(38)39)23(25(29,30)31,14-2-4-19-13(6-14)10-35-22(33)37-19)8-15(16)11-1-3-18-12(5-11)9-34-21(32)36-18/h1-10,17H,(H,38,39)(H2,32,34,36)(H2,33,35,37). The first kappa shape index (κ1) is 25.9. The van der Waals surface area contributed by atoms with Gasteiger partial charge in [-0.1, -0.05) is 24.3 Å². The van der Waals surface area contributed by atoms with E-state index in [-0.39, 0.29) is 45.3 Å². The molecule has 0 saturated heterocycles. The molecule has 39 heavy (non-hydrogen) atoms. The van der Waals surface area contributed by atoms with Crippen molar-refractivity contribution in [2.24, 2.45) is 5.92 Å². The predicted octanol–water partition coefficient (Wildman–Crippen LogP) is 4.82. The summed E-state index contributed by atoms with van der Waals surface area (Å²) in [5, 5.41) is 10.1. The molecule has 0 amide bonds. The van der Waals surface area contributed by atoms with Gasteiger partial charge in [0, 0.05) is 23.2 Å². The number of hydrogen-bond acceptors (Lipinski definition) is 7. The van der Waals surface area contributed by atoms with Crippen LogP contribution < -0.4 is 11.5 Å². The normalized spacial score (nSPS) is 20.1. The topological polar surface area (TPSA) is 141 Å². The molecule has 14 heteroatoms. The van der Waals surface area contributed by atoms with Crippen molar-refractivity contribution in [3.63, 3.8) is 0 Å². The summed E-state index contributed by atoms with van der Waals surface area (Å²) in [6.07, 6.45) is -7.75. The van der Waals surface area contributed by atoms with Gasteiger partial charge in [-0.25, -0.2) is 19.9 Å². The lowest BCUT2D eigenvalue weighted by Crippen LogP contribution is -2.51. The smallest absolute Gasteiger partial charge is 0.416 e. The molecule has 1 aliphatic carbocycles. The third kappa shape index (κ3) is 4.27. The van der Waals surface area contributed by atoms with Crippen molar-refractivity contribution < 1.29 is 36.2 Å². The quantitative estimate of drug-likeness (QED) is 0.311. The first-order chi connectivity index (χ1) is 18.2. The van der Waals surface area contributed by atoms with Gasteiger partial charge in [0.2, 0.25) is 11.9 Å². The van der Waals surface area contributed by atoms with Gasteiger partial charge in [-0.3, -0.25) is 4.79 Å². The molecule has 2 aromatic heterocycles. The summed E-state index contributed by atoms with van der Waals surface area (Å²) in [6, 6.07) is 6.75. The number of fused-ring (bicyclic) bond motifs is 2. The van der Waals surface area contributed by atoms with Crippen LogP contribution >= 0.6 is 0 Å². The number of carboxylic acid groups (broad SMARTS) is 1. The minimum absolute atomic E-state index is 0.0791. The van der Waals surface area contributed by atoms with E-state index in [4.69, 9.17) is 11.5 Å². The fourth-order valence-electron chi connectivity index (χ4n) is 4.74. The Morgan fingerprint density at radius 3 is 1.97 bits per heavy atom. The summed E-state index contributed by atoms with van der Waals surface area (Å²) in [7, 11) is 0. The molecule has 0 spiro atoms. The Labute approximate surface area is 214 Å². The maximum absolute atomic E-state index is 15.1. The van der Waals surface area contributed by atoms with Crippen LogP contribution in [0.15, 0.2) is 66.5 Å². The van der Waals surface area contributed by atoms with Crippen LogP contribution in [0.1, 0.15) is 11.1 Å². The van der Waals surface area contributed by atoms with E-state index in [2.05, 4.69) is 19.9 Å². The highest BCUT2D eigenvalue weighted by molar-refractivity contribution is 5.92. The van der Waals surface area contributed by atoms with Crippen molar-refractivity contribution in [2.75, 3.05) is 11.5 Å². The number of nitrogen functional groups attached to an aromatic ring is 2. The van der Waals surface area contributed by atoms with Crippen LogP contribution in [-0.2, 0) is 10.2 Å². The highest BCUT2D eigenvalue weighted by atomic mass is 19.4. The van der Waals surface area contributed by atoms with Crippen LogP contribution in [0.5, 0.6) is 0 Å². The fraction of sp³-hybridized carbons (Fsp3) is 0.160. The summed E-state index contributed by atoms with van der Waals surface area (Å²) in [6.45, 7) is 0. The van der Waals surface area contributed by atoms with Gasteiger partial charge >= 0.3 is 18.3 Å². The molecule has 2 heterocycles. The van der Waals surface area contributed by atoms with Crippen LogP contribution in [0.2, 0.25) is 0 Å². The molecule has 2 unspecified atom stereocenters. The van der Waals surface area contributed by atoms with Gasteiger partial charge in [0.15, 0.2) is 0 Å². The summed E-state index contributed by atoms with van der Waals surface area (Å²) >= 11 is 0. The molecule has 1 aliphatic rings. The summed E-state index contributed by atoms with van der Waals surface area (Å²) in [5.41, 5.74) is 4.82. The Morgan fingerprint density at radius 2 is 1.44 bits per heavy atom. The van der Waals surface area contributed by atoms with E-state index in [0.29, 0.717) is 6.08 Å². The van der Waals surface area contributed by atoms with Crippen LogP contribution in [0.25, 0.3) is 27.4 Å². The van der Waals surface area contributed by atoms with Gasteiger partial charge in [0.25, 0.3) is 0 Å². The predicted molar refractivity (Wildman–Crippen MR) is 129 cm³/mol. The molecule has 0 aliphatic heterocycles. The molecule has 0 radical (unpaired) electrons. The SMILES string of the molecule is Nc1ncc2cc(C3=CC(c4ccc5nc(N)ncc5c4)(C(F)(F)F)C(C(=O)O)C=C3C(F)(F)F)ccc2n1. The average molecular weight is 546 g/mol. The maximum atomic E-state index is 15.1. The van der Waals surface area contributed by atoms with E-state index in [9.17, 15) is 23.1 Å². The zero-order valence-corrected chi connectivity index (χ0v) is 19.4. The van der Waals surface area contributed by atoms with Gasteiger partial charge in [0.05, 0.1) is 22.5 Å². The number of allylic oxidation sites excluding steroid dienone is 3. The Balaban J connectivity index is 1.85. The lowest BCUT2D eigenvalue weighted by atomic mass is 9.64. The monoisotopic (exact) mass is 546 g/mol. The van der Waals surface area contributed by atoms with Crippen LogP contribution in [0.4, 0.5) is 38.2 Å². The summed E-state index contributed by atoms with van der Waals surface area (Å²) < 4.78 is 87.9. The molecule has 200 valence electrons. The van der Waals surface area contributed by atoms with Crippen molar-refractivity contribution in [1.82, 2.24) is 19.9 Å². The Morgan fingerprint density at radius 1 is 0.872 bits per heavy atom. The van der Waals surface area contributed by atoms with Crippen molar-refractivity contribution in [3.8, 4) is 0 Å². The largest absolute Gasteiger partial charge is 0.481 e. The lowest BCUT2D eigenvalue weighted by Gasteiger charge is -2.41. The number of halogens is 6. The second-order valence-electron chi connectivity index (χ2n) is 8.82. The first-order valence-corrected chi connectivity index (χ1v) is 11.1. The Kier molecular flexibility index (Phi) is 5.74. The molecule has 0 saturated carbocycles. The van der Waals surface area contributed by atoms with E-state index >= 15 is 13.2 Å². The third-order valence-electron chi connectivity index (χ3n) is 6.51.